The van der Waals surface area contributed by atoms with E-state index in [0.717, 1.165) is 30.6 Å². The lowest BCUT2D eigenvalue weighted by Gasteiger charge is -2.38. The number of carbonyl (C=O) groups is 1. The first-order valence-electron chi connectivity index (χ1n) is 5.18. The van der Waals surface area contributed by atoms with Gasteiger partial charge in [-0.1, -0.05) is 0 Å². The Morgan fingerprint density at radius 2 is 2.18 bits per heavy atom. The van der Waals surface area contributed by atoms with Gasteiger partial charge in [-0.05, 0) is 32.3 Å². The topological polar surface area (TPSA) is 83.5 Å². The molecule has 1 aromatic rings. The minimum Gasteiger partial charge on any atom is -0.478 e. The van der Waals surface area contributed by atoms with E-state index in [1.54, 1.807) is 0 Å². The van der Waals surface area contributed by atoms with Crippen molar-refractivity contribution in [1.29, 1.82) is 0 Å². The van der Waals surface area contributed by atoms with Crippen LogP contribution in [0.2, 0.25) is 0 Å². The Bertz CT molecular complexity index is 542. The first-order chi connectivity index (χ1) is 7.82. The fourth-order valence-electron chi connectivity index (χ4n) is 1.75. The van der Waals surface area contributed by atoms with E-state index in [-0.39, 0.29) is 15.3 Å². The van der Waals surface area contributed by atoms with E-state index in [4.69, 9.17) is 5.11 Å². The highest BCUT2D eigenvalue weighted by Crippen LogP contribution is 2.33. The van der Waals surface area contributed by atoms with Crippen molar-refractivity contribution >= 4 is 27.3 Å². The van der Waals surface area contributed by atoms with Gasteiger partial charge in [-0.3, -0.25) is 0 Å². The average molecular weight is 275 g/mol. The third-order valence-corrected chi connectivity index (χ3v) is 6.00. The lowest BCUT2D eigenvalue weighted by Crippen LogP contribution is -2.50. The van der Waals surface area contributed by atoms with E-state index in [9.17, 15) is 13.2 Å². The van der Waals surface area contributed by atoms with Gasteiger partial charge < -0.3 is 5.11 Å². The van der Waals surface area contributed by atoms with Gasteiger partial charge in [0.15, 0.2) is 0 Å². The van der Waals surface area contributed by atoms with Gasteiger partial charge in [0.1, 0.15) is 4.21 Å². The van der Waals surface area contributed by atoms with Crippen LogP contribution in [0.25, 0.3) is 0 Å². The molecule has 0 spiro atoms. The van der Waals surface area contributed by atoms with Crippen molar-refractivity contribution in [3.8, 4) is 0 Å². The zero-order chi connectivity index (χ0) is 12.7. The molecular weight excluding hydrogens is 262 g/mol. The molecule has 1 saturated carbocycles. The van der Waals surface area contributed by atoms with Crippen molar-refractivity contribution in [3.05, 3.63) is 17.0 Å². The molecule has 1 fully saturated rings. The van der Waals surface area contributed by atoms with Crippen LogP contribution in [0.4, 0.5) is 0 Å². The van der Waals surface area contributed by atoms with Gasteiger partial charge in [-0.25, -0.2) is 17.9 Å². The van der Waals surface area contributed by atoms with Crippen LogP contribution in [0.1, 0.15) is 36.5 Å². The van der Waals surface area contributed by atoms with Gasteiger partial charge in [0.2, 0.25) is 0 Å². The molecule has 2 N–H and O–H groups in total. The minimum absolute atomic E-state index is 0.00846. The van der Waals surface area contributed by atoms with Gasteiger partial charge in [-0.15, -0.1) is 11.3 Å². The molecule has 1 aliphatic carbocycles. The number of carboxylic acid groups (broad SMARTS) is 1. The molecule has 1 heterocycles. The summed E-state index contributed by atoms with van der Waals surface area (Å²) in [6.07, 6.45) is 2.66. The Labute approximate surface area is 104 Å². The van der Waals surface area contributed by atoms with Crippen LogP contribution < -0.4 is 4.72 Å². The Morgan fingerprint density at radius 3 is 2.59 bits per heavy atom. The zero-order valence-corrected chi connectivity index (χ0v) is 10.9. The van der Waals surface area contributed by atoms with Gasteiger partial charge in [0.25, 0.3) is 10.0 Å². The summed E-state index contributed by atoms with van der Waals surface area (Å²) in [6, 6.07) is 1.19. The molecule has 0 bridgehead atoms. The molecule has 2 rings (SSSR count). The van der Waals surface area contributed by atoms with Crippen molar-refractivity contribution in [2.24, 2.45) is 0 Å². The molecule has 7 heteroatoms. The molecule has 94 valence electrons. The fraction of sp³-hybridized carbons (Fsp3) is 0.500. The van der Waals surface area contributed by atoms with Crippen LogP contribution >= 0.6 is 11.3 Å². The predicted molar refractivity (Wildman–Crippen MR) is 63.9 cm³/mol. The summed E-state index contributed by atoms with van der Waals surface area (Å²) in [5.41, 5.74) is -0.360. The number of carboxylic acids is 1. The van der Waals surface area contributed by atoms with Crippen LogP contribution in [0.3, 0.4) is 0 Å². The molecular formula is C10H13NO4S2. The molecule has 17 heavy (non-hydrogen) atoms. The molecule has 0 aliphatic heterocycles. The van der Waals surface area contributed by atoms with Crippen molar-refractivity contribution in [2.45, 2.75) is 35.9 Å². The number of aromatic carboxylic acids is 1. The second-order valence-electron chi connectivity index (χ2n) is 4.48. The average Bonchev–Trinajstić information content (AvgIpc) is 2.63. The maximum Gasteiger partial charge on any atom is 0.336 e. The van der Waals surface area contributed by atoms with E-state index in [1.807, 2.05) is 6.92 Å². The van der Waals surface area contributed by atoms with E-state index in [2.05, 4.69) is 4.72 Å². The number of sulfonamides is 1. The fourth-order valence-corrected chi connectivity index (χ4v) is 4.37. The largest absolute Gasteiger partial charge is 0.478 e. The second-order valence-corrected chi connectivity index (χ2v) is 7.30. The van der Waals surface area contributed by atoms with E-state index in [1.165, 1.54) is 11.4 Å². The quantitative estimate of drug-likeness (QED) is 0.875. The van der Waals surface area contributed by atoms with E-state index >= 15 is 0 Å². The second kappa shape index (κ2) is 4.08. The van der Waals surface area contributed by atoms with E-state index < -0.39 is 16.0 Å². The number of hydrogen-bond donors (Lipinski definition) is 2. The van der Waals surface area contributed by atoms with Crippen LogP contribution in [0.15, 0.2) is 15.7 Å². The van der Waals surface area contributed by atoms with Crippen molar-refractivity contribution in [1.82, 2.24) is 4.72 Å². The highest BCUT2D eigenvalue weighted by molar-refractivity contribution is 7.91. The zero-order valence-electron chi connectivity index (χ0n) is 9.26. The highest BCUT2D eigenvalue weighted by Gasteiger charge is 2.36. The maximum atomic E-state index is 12.0. The summed E-state index contributed by atoms with van der Waals surface area (Å²) in [5, 5.41) is 10.1. The summed E-state index contributed by atoms with van der Waals surface area (Å²) in [4.78, 5) is 10.7. The van der Waals surface area contributed by atoms with Crippen LogP contribution in [0.5, 0.6) is 0 Å². The number of hydrogen-bond acceptors (Lipinski definition) is 4. The molecule has 0 saturated heterocycles. The Morgan fingerprint density at radius 1 is 1.53 bits per heavy atom. The first-order valence-corrected chi connectivity index (χ1v) is 7.55. The van der Waals surface area contributed by atoms with Crippen LogP contribution in [-0.2, 0) is 10.0 Å². The molecule has 5 nitrogen and oxygen atoms in total. The van der Waals surface area contributed by atoms with Crippen LogP contribution in [0, 0.1) is 0 Å². The van der Waals surface area contributed by atoms with Gasteiger partial charge in [0, 0.05) is 10.9 Å². The van der Waals surface area contributed by atoms with Crippen LogP contribution in [-0.4, -0.2) is 25.0 Å². The van der Waals surface area contributed by atoms with E-state index in [0.29, 0.717) is 0 Å². The molecule has 0 amide bonds. The lowest BCUT2D eigenvalue weighted by atomic mass is 9.80. The molecule has 1 aliphatic rings. The predicted octanol–water partition coefficient (Wildman–Crippen LogP) is 1.67. The van der Waals surface area contributed by atoms with Gasteiger partial charge >= 0.3 is 5.97 Å². The van der Waals surface area contributed by atoms with Gasteiger partial charge in [-0.2, -0.15) is 0 Å². The number of nitrogens with one attached hydrogen (secondary N) is 1. The minimum atomic E-state index is -3.59. The standard InChI is InChI=1S/C10H13NO4S2/c1-10(3-2-4-10)11-17(14,15)8-5-7(6-16-8)9(12)13/h5-6,11H,2-4H2,1H3,(H,12,13). The summed E-state index contributed by atoms with van der Waals surface area (Å²) in [7, 11) is -3.59. The third-order valence-electron chi connectivity index (χ3n) is 2.93. The summed E-state index contributed by atoms with van der Waals surface area (Å²) in [6.45, 7) is 1.86. The Hall–Kier alpha value is -0.920. The van der Waals surface area contributed by atoms with Crippen molar-refractivity contribution < 1.29 is 18.3 Å². The molecule has 0 aromatic carbocycles. The molecule has 0 atom stereocenters. The summed E-state index contributed by atoms with van der Waals surface area (Å²) >= 11 is 0.929. The molecule has 1 aromatic heterocycles. The molecule has 0 unspecified atom stereocenters. The third kappa shape index (κ3) is 2.51. The Balaban J connectivity index is 2.22. The van der Waals surface area contributed by atoms with Crippen molar-refractivity contribution in [2.75, 3.05) is 0 Å². The molecule has 0 radical (unpaired) electrons. The number of rotatable bonds is 4. The summed E-state index contributed by atoms with van der Waals surface area (Å²) < 4.78 is 26.7. The normalized spacial score (nSPS) is 18.6. The maximum absolute atomic E-state index is 12.0. The number of thiophene rings is 1. The summed E-state index contributed by atoms with van der Waals surface area (Å²) in [5.74, 6) is -1.11. The smallest absolute Gasteiger partial charge is 0.336 e. The van der Waals surface area contributed by atoms with Crippen molar-refractivity contribution in [3.63, 3.8) is 0 Å². The highest BCUT2D eigenvalue weighted by atomic mass is 32.2. The monoisotopic (exact) mass is 275 g/mol. The Kier molecular flexibility index (Phi) is 3.01. The lowest BCUT2D eigenvalue weighted by molar-refractivity contribution is 0.0697. The first kappa shape index (κ1) is 12.5. The SMILES string of the molecule is CC1(NS(=O)(=O)c2cc(C(=O)O)cs2)CCC1. The van der Waals surface area contributed by atoms with Gasteiger partial charge in [0.05, 0.1) is 5.56 Å².